The van der Waals surface area contributed by atoms with E-state index in [1.165, 1.54) is 38.4 Å². The van der Waals surface area contributed by atoms with Crippen molar-refractivity contribution in [3.05, 3.63) is 12.0 Å². The van der Waals surface area contributed by atoms with E-state index in [0.717, 1.165) is 18.9 Å². The van der Waals surface area contributed by atoms with Crippen LogP contribution in [0.3, 0.4) is 0 Å². The van der Waals surface area contributed by atoms with Crippen LogP contribution < -0.4 is 4.90 Å². The van der Waals surface area contributed by atoms with Crippen LogP contribution in [0.15, 0.2) is 10.7 Å². The van der Waals surface area contributed by atoms with Crippen LogP contribution in [-0.4, -0.2) is 28.6 Å². The van der Waals surface area contributed by atoms with Gasteiger partial charge in [-0.25, -0.2) is 4.79 Å². The molecule has 1 unspecified atom stereocenters. The van der Waals surface area contributed by atoms with Gasteiger partial charge in [0.25, 0.3) is 6.01 Å². The normalized spacial score (nSPS) is 24.9. The number of nitrogens with zero attached hydrogens (tertiary/aromatic N) is 2. The van der Waals surface area contributed by atoms with Crippen LogP contribution in [0.5, 0.6) is 0 Å². The lowest BCUT2D eigenvalue weighted by Gasteiger charge is -2.27. The Morgan fingerprint density at radius 1 is 1.33 bits per heavy atom. The Morgan fingerprint density at radius 2 is 2.11 bits per heavy atom. The summed E-state index contributed by atoms with van der Waals surface area (Å²) in [5.74, 6) is -0.297. The van der Waals surface area contributed by atoms with Crippen LogP contribution in [-0.2, 0) is 0 Å². The highest BCUT2D eigenvalue weighted by molar-refractivity contribution is 5.85. The third-order valence-electron chi connectivity index (χ3n) is 4.20. The van der Waals surface area contributed by atoms with Gasteiger partial charge in [0.15, 0.2) is 5.69 Å². The number of carboxylic acid groups (broad SMARTS) is 1. The molecule has 1 aliphatic carbocycles. The molecule has 1 saturated heterocycles. The summed E-state index contributed by atoms with van der Waals surface area (Å²) in [6.45, 7) is 0.931. The molecule has 2 fully saturated rings. The highest BCUT2D eigenvalue weighted by Crippen LogP contribution is 2.37. The minimum atomic E-state index is -1.03. The Balaban J connectivity index is 1.78. The van der Waals surface area contributed by atoms with E-state index in [1.54, 1.807) is 0 Å². The molecule has 2 heterocycles. The maximum atomic E-state index is 10.8. The van der Waals surface area contributed by atoms with Crippen LogP contribution in [0.25, 0.3) is 0 Å². The Morgan fingerprint density at radius 3 is 2.78 bits per heavy atom. The number of aromatic nitrogens is 1. The maximum absolute atomic E-state index is 10.8. The molecular formula is C13H18N2O3. The third-order valence-corrected chi connectivity index (χ3v) is 4.20. The second-order valence-corrected chi connectivity index (χ2v) is 5.27. The first kappa shape index (κ1) is 11.6. The Bertz CT molecular complexity index is 437. The molecule has 1 saturated carbocycles. The molecule has 0 aromatic carbocycles. The van der Waals surface area contributed by atoms with Crippen molar-refractivity contribution in [1.29, 1.82) is 0 Å². The monoisotopic (exact) mass is 250 g/mol. The minimum absolute atomic E-state index is 0.00192. The Kier molecular flexibility index (Phi) is 2.97. The molecule has 0 amide bonds. The number of anilines is 1. The molecule has 1 aromatic rings. The summed E-state index contributed by atoms with van der Waals surface area (Å²) in [6, 6.07) is 0.981. The first-order valence-electron chi connectivity index (χ1n) is 6.71. The van der Waals surface area contributed by atoms with E-state index in [1.807, 2.05) is 0 Å². The summed E-state index contributed by atoms with van der Waals surface area (Å²) < 4.78 is 5.33. The van der Waals surface area contributed by atoms with E-state index < -0.39 is 5.97 Å². The van der Waals surface area contributed by atoms with Gasteiger partial charge in [0.05, 0.1) is 0 Å². The van der Waals surface area contributed by atoms with E-state index in [0.29, 0.717) is 12.1 Å². The van der Waals surface area contributed by atoms with Gasteiger partial charge in [-0.15, -0.1) is 0 Å². The lowest BCUT2D eigenvalue weighted by Crippen LogP contribution is -2.34. The highest BCUT2D eigenvalue weighted by atomic mass is 16.4. The number of hydrogen-bond acceptors (Lipinski definition) is 4. The zero-order valence-corrected chi connectivity index (χ0v) is 10.3. The van der Waals surface area contributed by atoms with Gasteiger partial charge >= 0.3 is 5.97 Å². The van der Waals surface area contributed by atoms with Crippen molar-refractivity contribution >= 4 is 12.0 Å². The van der Waals surface area contributed by atoms with Crippen molar-refractivity contribution in [2.24, 2.45) is 5.92 Å². The fourth-order valence-corrected chi connectivity index (χ4v) is 3.36. The van der Waals surface area contributed by atoms with Crippen LogP contribution in [0, 0.1) is 5.92 Å². The lowest BCUT2D eigenvalue weighted by molar-refractivity contribution is 0.0690. The minimum Gasteiger partial charge on any atom is -0.476 e. The van der Waals surface area contributed by atoms with Gasteiger partial charge in [0, 0.05) is 12.6 Å². The van der Waals surface area contributed by atoms with Gasteiger partial charge in [-0.1, -0.05) is 12.8 Å². The zero-order valence-electron chi connectivity index (χ0n) is 10.3. The van der Waals surface area contributed by atoms with Gasteiger partial charge in [-0.2, -0.15) is 4.98 Å². The smallest absolute Gasteiger partial charge is 0.357 e. The summed E-state index contributed by atoms with van der Waals surface area (Å²) in [6.07, 6.45) is 8.77. The van der Waals surface area contributed by atoms with Crippen molar-refractivity contribution in [3.8, 4) is 0 Å². The summed E-state index contributed by atoms with van der Waals surface area (Å²) in [5, 5.41) is 8.88. The number of rotatable bonds is 3. The first-order valence-corrected chi connectivity index (χ1v) is 6.71. The molecule has 1 aliphatic heterocycles. The standard InChI is InChI=1S/C13H18N2O3/c16-12(17)10-8-18-13(14-10)15-7-3-6-11(15)9-4-1-2-5-9/h8-9,11H,1-7H2,(H,16,17). The topological polar surface area (TPSA) is 66.6 Å². The molecular weight excluding hydrogens is 232 g/mol. The highest BCUT2D eigenvalue weighted by Gasteiger charge is 2.35. The molecule has 1 aromatic heterocycles. The van der Waals surface area contributed by atoms with Gasteiger partial charge < -0.3 is 14.4 Å². The van der Waals surface area contributed by atoms with E-state index >= 15 is 0 Å². The van der Waals surface area contributed by atoms with Crippen LogP contribution in [0.2, 0.25) is 0 Å². The predicted octanol–water partition coefficient (Wildman–Crippen LogP) is 2.53. The fraction of sp³-hybridized carbons (Fsp3) is 0.692. The largest absolute Gasteiger partial charge is 0.476 e. The number of oxazole rings is 1. The summed E-state index contributed by atoms with van der Waals surface area (Å²) in [7, 11) is 0. The van der Waals surface area contributed by atoms with Crippen molar-refractivity contribution in [3.63, 3.8) is 0 Å². The molecule has 1 N–H and O–H groups in total. The molecule has 1 atom stereocenters. The molecule has 0 radical (unpaired) electrons. The van der Waals surface area contributed by atoms with Crippen molar-refractivity contribution in [2.75, 3.05) is 11.4 Å². The number of aromatic carboxylic acids is 1. The number of carbonyl (C=O) groups is 1. The average molecular weight is 250 g/mol. The van der Waals surface area contributed by atoms with Gasteiger partial charge in [-0.3, -0.25) is 0 Å². The zero-order chi connectivity index (χ0) is 12.5. The fourth-order valence-electron chi connectivity index (χ4n) is 3.36. The quantitative estimate of drug-likeness (QED) is 0.892. The van der Waals surface area contributed by atoms with Crippen molar-refractivity contribution in [1.82, 2.24) is 4.98 Å². The SMILES string of the molecule is O=C(O)c1coc(N2CCCC2C2CCCC2)n1. The van der Waals surface area contributed by atoms with Crippen LogP contribution in [0.1, 0.15) is 49.0 Å². The Hall–Kier alpha value is -1.52. The molecule has 18 heavy (non-hydrogen) atoms. The molecule has 2 aliphatic rings. The summed E-state index contributed by atoms with van der Waals surface area (Å²) in [5.41, 5.74) is 0.00192. The molecule has 0 spiro atoms. The van der Waals surface area contributed by atoms with Crippen LogP contribution in [0.4, 0.5) is 6.01 Å². The maximum Gasteiger partial charge on any atom is 0.357 e. The van der Waals surface area contributed by atoms with E-state index in [9.17, 15) is 4.79 Å². The average Bonchev–Trinajstić information content (AvgIpc) is 3.10. The molecule has 98 valence electrons. The van der Waals surface area contributed by atoms with E-state index in [2.05, 4.69) is 9.88 Å². The van der Waals surface area contributed by atoms with E-state index in [-0.39, 0.29) is 5.69 Å². The molecule has 5 heteroatoms. The van der Waals surface area contributed by atoms with E-state index in [4.69, 9.17) is 9.52 Å². The van der Waals surface area contributed by atoms with Crippen LogP contribution >= 0.6 is 0 Å². The third kappa shape index (κ3) is 1.98. The summed E-state index contributed by atoms with van der Waals surface area (Å²) >= 11 is 0. The van der Waals surface area contributed by atoms with Crippen molar-refractivity contribution in [2.45, 2.75) is 44.6 Å². The summed E-state index contributed by atoms with van der Waals surface area (Å²) in [4.78, 5) is 17.1. The Labute approximate surface area is 106 Å². The predicted molar refractivity (Wildman–Crippen MR) is 65.8 cm³/mol. The van der Waals surface area contributed by atoms with Crippen molar-refractivity contribution < 1.29 is 14.3 Å². The van der Waals surface area contributed by atoms with Gasteiger partial charge in [-0.05, 0) is 31.6 Å². The molecule has 5 nitrogen and oxygen atoms in total. The number of hydrogen-bond donors (Lipinski definition) is 1. The van der Waals surface area contributed by atoms with Gasteiger partial charge in [0.2, 0.25) is 0 Å². The first-order chi connectivity index (χ1) is 8.75. The second kappa shape index (κ2) is 4.63. The molecule has 3 rings (SSSR count). The molecule has 0 bridgehead atoms. The lowest BCUT2D eigenvalue weighted by atomic mass is 9.96. The second-order valence-electron chi connectivity index (χ2n) is 5.27. The number of carboxylic acids is 1. The van der Waals surface area contributed by atoms with Gasteiger partial charge in [0.1, 0.15) is 6.26 Å².